The Labute approximate surface area is 119 Å². The summed E-state index contributed by atoms with van der Waals surface area (Å²) in [5.41, 5.74) is 1.35. The van der Waals surface area contributed by atoms with Gasteiger partial charge in [-0.05, 0) is 17.5 Å². The molecule has 3 heteroatoms. The van der Waals surface area contributed by atoms with E-state index < -0.39 is 11.9 Å². The van der Waals surface area contributed by atoms with Gasteiger partial charge in [0.2, 0.25) is 0 Å². The molecule has 0 aliphatic rings. The standard InChI is InChI=1S/C17H20FNO/c1-3-12(2)16(13-7-5-4-6-8-13)17(20)14-9-10-19-11-15(14)18/h4-12,16-17,20H,3H2,1-2H3. The minimum Gasteiger partial charge on any atom is -0.388 e. The summed E-state index contributed by atoms with van der Waals surface area (Å²) in [6.07, 6.45) is 2.72. The summed E-state index contributed by atoms with van der Waals surface area (Å²) in [5.74, 6) is -0.331. The molecule has 1 aromatic heterocycles. The van der Waals surface area contributed by atoms with E-state index in [2.05, 4.69) is 18.8 Å². The van der Waals surface area contributed by atoms with Crippen LogP contribution in [0.2, 0.25) is 0 Å². The van der Waals surface area contributed by atoms with E-state index in [0.29, 0.717) is 5.56 Å². The Kier molecular flexibility index (Phi) is 4.85. The van der Waals surface area contributed by atoms with Crippen molar-refractivity contribution in [2.75, 3.05) is 0 Å². The molecule has 0 spiro atoms. The Morgan fingerprint density at radius 3 is 2.50 bits per heavy atom. The average molecular weight is 273 g/mol. The molecule has 2 nitrogen and oxygen atoms in total. The van der Waals surface area contributed by atoms with E-state index in [0.717, 1.165) is 18.2 Å². The van der Waals surface area contributed by atoms with Crippen molar-refractivity contribution in [1.82, 2.24) is 4.98 Å². The summed E-state index contributed by atoms with van der Waals surface area (Å²) in [7, 11) is 0. The minimum absolute atomic E-state index is 0.127. The molecule has 1 aromatic carbocycles. The van der Waals surface area contributed by atoms with Crippen LogP contribution in [-0.2, 0) is 0 Å². The SMILES string of the molecule is CCC(C)C(c1ccccc1)C(O)c1ccncc1F. The summed E-state index contributed by atoms with van der Waals surface area (Å²) >= 11 is 0. The number of benzene rings is 1. The number of nitrogens with zero attached hydrogens (tertiary/aromatic N) is 1. The number of rotatable bonds is 5. The summed E-state index contributed by atoms with van der Waals surface area (Å²) in [6.45, 7) is 4.16. The number of aromatic nitrogens is 1. The van der Waals surface area contributed by atoms with Crippen molar-refractivity contribution >= 4 is 0 Å². The van der Waals surface area contributed by atoms with E-state index in [4.69, 9.17) is 0 Å². The Morgan fingerprint density at radius 1 is 1.20 bits per heavy atom. The second kappa shape index (κ2) is 6.62. The second-order valence-corrected chi connectivity index (χ2v) is 5.16. The molecule has 0 saturated carbocycles. The molecule has 0 fully saturated rings. The average Bonchev–Trinajstić information content (AvgIpc) is 2.48. The number of aliphatic hydroxyl groups is 1. The van der Waals surface area contributed by atoms with Crippen molar-refractivity contribution in [3.8, 4) is 0 Å². The van der Waals surface area contributed by atoms with Crippen LogP contribution in [0.15, 0.2) is 48.8 Å². The van der Waals surface area contributed by atoms with Gasteiger partial charge in [0.05, 0.1) is 12.3 Å². The molecule has 20 heavy (non-hydrogen) atoms. The molecule has 0 saturated heterocycles. The first-order chi connectivity index (χ1) is 9.65. The predicted molar refractivity (Wildman–Crippen MR) is 77.8 cm³/mol. The number of hydrogen-bond donors (Lipinski definition) is 1. The van der Waals surface area contributed by atoms with Gasteiger partial charge in [-0.15, -0.1) is 0 Å². The molecule has 0 aliphatic heterocycles. The van der Waals surface area contributed by atoms with E-state index in [-0.39, 0.29) is 11.8 Å². The normalized spacial score (nSPS) is 15.6. The maximum absolute atomic E-state index is 13.9. The van der Waals surface area contributed by atoms with Gasteiger partial charge in [-0.3, -0.25) is 4.98 Å². The van der Waals surface area contributed by atoms with Gasteiger partial charge >= 0.3 is 0 Å². The molecule has 1 N–H and O–H groups in total. The lowest BCUT2D eigenvalue weighted by Gasteiger charge is -2.29. The van der Waals surface area contributed by atoms with Gasteiger partial charge in [-0.25, -0.2) is 4.39 Å². The van der Waals surface area contributed by atoms with Gasteiger partial charge in [0.1, 0.15) is 5.82 Å². The number of halogens is 1. The molecule has 3 unspecified atom stereocenters. The van der Waals surface area contributed by atoms with Crippen molar-refractivity contribution in [3.63, 3.8) is 0 Å². The van der Waals surface area contributed by atoms with E-state index in [1.165, 1.54) is 6.20 Å². The molecule has 0 bridgehead atoms. The Hall–Kier alpha value is -1.74. The lowest BCUT2D eigenvalue weighted by molar-refractivity contribution is 0.114. The van der Waals surface area contributed by atoms with E-state index in [9.17, 15) is 9.50 Å². The van der Waals surface area contributed by atoms with Crippen LogP contribution >= 0.6 is 0 Å². The third kappa shape index (κ3) is 3.05. The van der Waals surface area contributed by atoms with Crippen LogP contribution in [0, 0.1) is 11.7 Å². The van der Waals surface area contributed by atoms with Crippen molar-refractivity contribution in [1.29, 1.82) is 0 Å². The zero-order valence-electron chi connectivity index (χ0n) is 11.8. The molecule has 1 heterocycles. The van der Waals surface area contributed by atoms with Gasteiger partial charge in [-0.1, -0.05) is 50.6 Å². The minimum atomic E-state index is -0.865. The molecular formula is C17H20FNO. The molecule has 106 valence electrons. The fourth-order valence-electron chi connectivity index (χ4n) is 2.57. The molecule has 0 amide bonds. The molecule has 3 atom stereocenters. The summed E-state index contributed by atoms with van der Waals surface area (Å²) in [6, 6.07) is 11.4. The number of pyridine rings is 1. The number of aliphatic hydroxyl groups excluding tert-OH is 1. The van der Waals surface area contributed by atoms with Crippen LogP contribution in [0.1, 0.15) is 43.4 Å². The maximum Gasteiger partial charge on any atom is 0.147 e. The van der Waals surface area contributed by atoms with Crippen LogP contribution in [0.25, 0.3) is 0 Å². The van der Waals surface area contributed by atoms with Crippen LogP contribution in [-0.4, -0.2) is 10.1 Å². The third-order valence-corrected chi connectivity index (χ3v) is 3.90. The monoisotopic (exact) mass is 273 g/mol. The topological polar surface area (TPSA) is 33.1 Å². The third-order valence-electron chi connectivity index (χ3n) is 3.90. The van der Waals surface area contributed by atoms with Crippen molar-refractivity contribution in [3.05, 3.63) is 65.7 Å². The fourth-order valence-corrected chi connectivity index (χ4v) is 2.57. The largest absolute Gasteiger partial charge is 0.388 e. The molecule has 2 aromatic rings. The van der Waals surface area contributed by atoms with Crippen molar-refractivity contribution in [2.45, 2.75) is 32.3 Å². The van der Waals surface area contributed by atoms with Crippen LogP contribution < -0.4 is 0 Å². The van der Waals surface area contributed by atoms with E-state index >= 15 is 0 Å². The first-order valence-electron chi connectivity index (χ1n) is 6.97. The number of hydrogen-bond acceptors (Lipinski definition) is 2. The molecular weight excluding hydrogens is 253 g/mol. The lowest BCUT2D eigenvalue weighted by Crippen LogP contribution is -2.19. The molecule has 0 aliphatic carbocycles. The zero-order valence-corrected chi connectivity index (χ0v) is 11.8. The lowest BCUT2D eigenvalue weighted by atomic mass is 9.79. The van der Waals surface area contributed by atoms with Gasteiger partial charge in [-0.2, -0.15) is 0 Å². The van der Waals surface area contributed by atoms with Gasteiger partial charge in [0.25, 0.3) is 0 Å². The smallest absolute Gasteiger partial charge is 0.147 e. The highest BCUT2D eigenvalue weighted by Crippen LogP contribution is 2.38. The summed E-state index contributed by atoms with van der Waals surface area (Å²) in [5, 5.41) is 10.6. The zero-order chi connectivity index (χ0) is 14.5. The highest BCUT2D eigenvalue weighted by Gasteiger charge is 2.28. The first kappa shape index (κ1) is 14.7. The Balaban J connectivity index is 2.40. The fraction of sp³-hybridized carbons (Fsp3) is 0.353. The van der Waals surface area contributed by atoms with Gasteiger partial charge < -0.3 is 5.11 Å². The van der Waals surface area contributed by atoms with Crippen LogP contribution in [0.5, 0.6) is 0 Å². The quantitative estimate of drug-likeness (QED) is 0.890. The Bertz CT molecular complexity index is 544. The summed E-state index contributed by atoms with van der Waals surface area (Å²) in [4.78, 5) is 3.74. The highest BCUT2D eigenvalue weighted by molar-refractivity contribution is 5.27. The van der Waals surface area contributed by atoms with Crippen molar-refractivity contribution < 1.29 is 9.50 Å². The predicted octanol–water partition coefficient (Wildman–Crippen LogP) is 4.08. The summed E-state index contributed by atoms with van der Waals surface area (Å²) < 4.78 is 13.9. The van der Waals surface area contributed by atoms with Gasteiger partial charge in [0.15, 0.2) is 0 Å². The maximum atomic E-state index is 13.9. The second-order valence-electron chi connectivity index (χ2n) is 5.16. The molecule has 2 rings (SSSR count). The van der Waals surface area contributed by atoms with Crippen LogP contribution in [0.3, 0.4) is 0 Å². The highest BCUT2D eigenvalue weighted by atomic mass is 19.1. The van der Waals surface area contributed by atoms with Gasteiger partial charge in [0, 0.05) is 17.7 Å². The van der Waals surface area contributed by atoms with Crippen molar-refractivity contribution in [2.24, 2.45) is 5.92 Å². The molecule has 0 radical (unpaired) electrons. The Morgan fingerprint density at radius 2 is 1.90 bits per heavy atom. The van der Waals surface area contributed by atoms with E-state index in [1.807, 2.05) is 30.3 Å². The first-order valence-corrected chi connectivity index (χ1v) is 6.97. The van der Waals surface area contributed by atoms with Crippen LogP contribution in [0.4, 0.5) is 4.39 Å². The van der Waals surface area contributed by atoms with E-state index in [1.54, 1.807) is 6.07 Å².